The lowest BCUT2D eigenvalue weighted by Gasteiger charge is -2.20. The van der Waals surface area contributed by atoms with Crippen molar-refractivity contribution in [3.63, 3.8) is 0 Å². The second-order valence-corrected chi connectivity index (χ2v) is 4.46. The molecule has 1 aromatic carbocycles. The molecule has 22 heavy (non-hydrogen) atoms. The number of benzene rings is 1. The van der Waals surface area contributed by atoms with E-state index in [-0.39, 0.29) is 18.8 Å². The minimum Gasteiger partial charge on any atom is -0.395 e. The summed E-state index contributed by atoms with van der Waals surface area (Å²) >= 11 is 0. The van der Waals surface area contributed by atoms with Gasteiger partial charge in [0.25, 0.3) is 5.91 Å². The van der Waals surface area contributed by atoms with Crippen molar-refractivity contribution in [2.45, 2.75) is 6.54 Å². The summed E-state index contributed by atoms with van der Waals surface area (Å²) in [4.78, 5) is 23.5. The molecule has 6 nitrogen and oxygen atoms in total. The van der Waals surface area contributed by atoms with Gasteiger partial charge in [-0.1, -0.05) is 24.3 Å². The van der Waals surface area contributed by atoms with E-state index in [2.05, 4.69) is 6.58 Å². The molecule has 0 aliphatic heterocycles. The van der Waals surface area contributed by atoms with E-state index in [1.54, 1.807) is 18.2 Å². The van der Waals surface area contributed by atoms with Crippen molar-refractivity contribution in [2.24, 2.45) is 0 Å². The van der Waals surface area contributed by atoms with Gasteiger partial charge in [-0.2, -0.15) is 0 Å². The minimum atomic E-state index is -0.731. The Morgan fingerprint density at radius 3 is 2.68 bits per heavy atom. The number of hydrogen-bond donors (Lipinski definition) is 0. The molecule has 0 unspecified atom stereocenters. The number of furan rings is 1. The summed E-state index contributed by atoms with van der Waals surface area (Å²) in [6.45, 7) is 3.71. The average molecular weight is 304 g/mol. The molecule has 7 heteroatoms. The number of hydrogen-bond acceptors (Lipinski definition) is 4. The van der Waals surface area contributed by atoms with Gasteiger partial charge in [-0.25, -0.2) is 4.39 Å². The van der Waals surface area contributed by atoms with Crippen LogP contribution >= 0.6 is 0 Å². The summed E-state index contributed by atoms with van der Waals surface area (Å²) in [5.41, 5.74) is 0.332. The molecule has 1 heterocycles. The topological polar surface area (TPSA) is 76.6 Å². The molecule has 0 bridgehead atoms. The fraction of sp³-hybridized carbons (Fsp3) is 0.133. The van der Waals surface area contributed by atoms with E-state index in [9.17, 15) is 19.3 Å². The van der Waals surface area contributed by atoms with Crippen molar-refractivity contribution >= 4 is 11.8 Å². The Balaban J connectivity index is 2.22. The minimum absolute atomic E-state index is 0.00598. The third kappa shape index (κ3) is 3.38. The molecule has 0 N–H and O–H groups in total. The average Bonchev–Trinajstić information content (AvgIpc) is 2.98. The molecule has 2 aromatic rings. The molecule has 1 aromatic heterocycles. The van der Waals surface area contributed by atoms with E-state index in [1.165, 1.54) is 23.1 Å². The van der Waals surface area contributed by atoms with Crippen LogP contribution in [0.25, 0.3) is 0 Å². The Labute approximate surface area is 125 Å². The largest absolute Gasteiger partial charge is 0.433 e. The van der Waals surface area contributed by atoms with Crippen LogP contribution in [0, 0.1) is 15.9 Å². The second-order valence-electron chi connectivity index (χ2n) is 4.46. The third-order valence-corrected chi connectivity index (χ3v) is 2.94. The van der Waals surface area contributed by atoms with Crippen LogP contribution < -0.4 is 0 Å². The zero-order chi connectivity index (χ0) is 16.1. The summed E-state index contributed by atoms with van der Waals surface area (Å²) in [5.74, 6) is -1.70. The van der Waals surface area contributed by atoms with Gasteiger partial charge in [0.05, 0.1) is 6.07 Å². The van der Waals surface area contributed by atoms with E-state index in [4.69, 9.17) is 4.42 Å². The van der Waals surface area contributed by atoms with Crippen LogP contribution in [0.5, 0.6) is 0 Å². The lowest BCUT2D eigenvalue weighted by Crippen LogP contribution is -2.30. The summed E-state index contributed by atoms with van der Waals surface area (Å²) in [5, 5.41) is 10.6. The van der Waals surface area contributed by atoms with Gasteiger partial charge >= 0.3 is 5.88 Å². The Bertz CT molecular complexity index is 711. The maximum absolute atomic E-state index is 13.7. The van der Waals surface area contributed by atoms with Crippen molar-refractivity contribution in [1.82, 2.24) is 4.90 Å². The number of carbonyl (C=O) groups is 1. The molecule has 0 aliphatic rings. The molecular formula is C15H13FN2O4. The molecule has 0 aliphatic carbocycles. The fourth-order valence-corrected chi connectivity index (χ4v) is 1.90. The van der Waals surface area contributed by atoms with Gasteiger partial charge in [0, 0.05) is 18.7 Å². The Kier molecular flexibility index (Phi) is 4.67. The highest BCUT2D eigenvalue weighted by Crippen LogP contribution is 2.19. The summed E-state index contributed by atoms with van der Waals surface area (Å²) in [6, 6.07) is 8.38. The van der Waals surface area contributed by atoms with Gasteiger partial charge in [-0.05, 0) is 12.1 Å². The molecule has 0 atom stereocenters. The first-order valence-corrected chi connectivity index (χ1v) is 6.40. The Morgan fingerprint density at radius 1 is 1.36 bits per heavy atom. The molecule has 0 spiro atoms. The van der Waals surface area contributed by atoms with E-state index < -0.39 is 22.5 Å². The second kappa shape index (κ2) is 6.66. The number of nitro groups is 1. The first kappa shape index (κ1) is 15.4. The van der Waals surface area contributed by atoms with E-state index >= 15 is 0 Å². The van der Waals surface area contributed by atoms with Gasteiger partial charge in [-0.15, -0.1) is 6.58 Å². The lowest BCUT2D eigenvalue weighted by molar-refractivity contribution is -0.402. The number of nitrogens with zero attached hydrogens (tertiary/aromatic N) is 2. The van der Waals surface area contributed by atoms with Crippen LogP contribution in [-0.2, 0) is 6.54 Å². The number of halogens is 1. The van der Waals surface area contributed by atoms with Crippen LogP contribution in [-0.4, -0.2) is 22.3 Å². The standard InChI is InChI=1S/C15H13FN2O4/c1-2-9-17(10-11-5-3-4-6-12(11)16)15(19)13-7-8-14(22-13)18(20)21/h2-8H,1,9-10H2. The van der Waals surface area contributed by atoms with Crippen LogP contribution in [0.2, 0.25) is 0 Å². The van der Waals surface area contributed by atoms with Gasteiger partial charge < -0.3 is 9.32 Å². The molecule has 1 amide bonds. The predicted molar refractivity (Wildman–Crippen MR) is 76.7 cm³/mol. The Morgan fingerprint density at radius 2 is 2.09 bits per heavy atom. The van der Waals surface area contributed by atoms with Crippen molar-refractivity contribution in [3.8, 4) is 0 Å². The molecule has 0 saturated carbocycles. The normalized spacial score (nSPS) is 10.2. The smallest absolute Gasteiger partial charge is 0.395 e. The molecule has 2 rings (SSSR count). The van der Waals surface area contributed by atoms with E-state index in [1.807, 2.05) is 0 Å². The zero-order valence-corrected chi connectivity index (χ0v) is 11.6. The summed E-state index contributed by atoms with van der Waals surface area (Å²) in [7, 11) is 0. The SMILES string of the molecule is C=CCN(Cc1ccccc1F)C(=O)c1ccc([N+](=O)[O-])o1. The molecule has 0 saturated heterocycles. The summed E-state index contributed by atoms with van der Waals surface area (Å²) in [6.07, 6.45) is 1.48. The highest BCUT2D eigenvalue weighted by atomic mass is 19.1. The van der Waals surface area contributed by atoms with Crippen LogP contribution in [0.3, 0.4) is 0 Å². The first-order valence-electron chi connectivity index (χ1n) is 6.40. The molecular weight excluding hydrogens is 291 g/mol. The maximum Gasteiger partial charge on any atom is 0.433 e. The monoisotopic (exact) mass is 304 g/mol. The van der Waals surface area contributed by atoms with Crippen molar-refractivity contribution in [2.75, 3.05) is 6.54 Å². The van der Waals surface area contributed by atoms with Crippen LogP contribution in [0.4, 0.5) is 10.3 Å². The number of carbonyl (C=O) groups excluding carboxylic acids is 1. The number of amides is 1. The number of rotatable bonds is 6. The van der Waals surface area contributed by atoms with Crippen molar-refractivity contribution < 1.29 is 18.5 Å². The Hall–Kier alpha value is -2.96. The van der Waals surface area contributed by atoms with Crippen LogP contribution in [0.1, 0.15) is 16.1 Å². The molecule has 0 radical (unpaired) electrons. The maximum atomic E-state index is 13.7. The highest BCUT2D eigenvalue weighted by molar-refractivity contribution is 5.91. The summed E-state index contributed by atoms with van der Waals surface area (Å²) < 4.78 is 18.6. The van der Waals surface area contributed by atoms with E-state index in [0.29, 0.717) is 5.56 Å². The highest BCUT2D eigenvalue weighted by Gasteiger charge is 2.22. The van der Waals surface area contributed by atoms with Gasteiger partial charge in [0.1, 0.15) is 10.7 Å². The van der Waals surface area contributed by atoms with Gasteiger partial charge in [-0.3, -0.25) is 14.9 Å². The molecule has 114 valence electrons. The van der Waals surface area contributed by atoms with Gasteiger partial charge in [0.2, 0.25) is 0 Å². The van der Waals surface area contributed by atoms with Crippen LogP contribution in [0.15, 0.2) is 53.5 Å². The van der Waals surface area contributed by atoms with Crippen molar-refractivity contribution in [3.05, 3.63) is 76.3 Å². The molecule has 0 fully saturated rings. The predicted octanol–water partition coefficient (Wildman–Crippen LogP) is 3.16. The first-order chi connectivity index (χ1) is 10.5. The lowest BCUT2D eigenvalue weighted by atomic mass is 10.2. The van der Waals surface area contributed by atoms with Gasteiger partial charge in [0.15, 0.2) is 5.76 Å². The zero-order valence-electron chi connectivity index (χ0n) is 11.6. The third-order valence-electron chi connectivity index (χ3n) is 2.94. The van der Waals surface area contributed by atoms with E-state index in [0.717, 1.165) is 6.07 Å². The quantitative estimate of drug-likeness (QED) is 0.466. The fourth-order valence-electron chi connectivity index (χ4n) is 1.90. The van der Waals surface area contributed by atoms with Crippen molar-refractivity contribution in [1.29, 1.82) is 0 Å².